The Labute approximate surface area is 182 Å². The van der Waals surface area contributed by atoms with Crippen LogP contribution < -0.4 is 20.3 Å². The van der Waals surface area contributed by atoms with Crippen molar-refractivity contribution in [2.45, 2.75) is 18.9 Å². The van der Waals surface area contributed by atoms with Gasteiger partial charge in [0, 0.05) is 25.8 Å². The van der Waals surface area contributed by atoms with E-state index in [0.717, 1.165) is 23.6 Å². The van der Waals surface area contributed by atoms with Gasteiger partial charge in [-0.15, -0.1) is 0 Å². The molecule has 8 nitrogen and oxygen atoms in total. The van der Waals surface area contributed by atoms with Crippen LogP contribution in [0, 0.1) is 0 Å². The highest BCUT2D eigenvalue weighted by atomic mass is 16.5. The summed E-state index contributed by atoms with van der Waals surface area (Å²) in [4.78, 5) is 40.7. The summed E-state index contributed by atoms with van der Waals surface area (Å²) in [5.74, 6) is -0.176. The number of hydrogen-bond donors (Lipinski definition) is 2. The van der Waals surface area contributed by atoms with E-state index < -0.39 is 17.5 Å². The number of anilines is 1. The van der Waals surface area contributed by atoms with E-state index in [9.17, 15) is 14.4 Å². The summed E-state index contributed by atoms with van der Waals surface area (Å²) in [6.45, 7) is 2.54. The molecular formula is C23H28N4O4. The number of nitrogens with one attached hydrogen (secondary N) is 2. The van der Waals surface area contributed by atoms with Gasteiger partial charge >= 0.3 is 6.03 Å². The van der Waals surface area contributed by atoms with Crippen LogP contribution in [0.2, 0.25) is 0 Å². The van der Waals surface area contributed by atoms with Gasteiger partial charge in [-0.2, -0.15) is 0 Å². The molecule has 2 N–H and O–H groups in total. The van der Waals surface area contributed by atoms with Crippen molar-refractivity contribution in [1.29, 1.82) is 0 Å². The third-order valence-electron chi connectivity index (χ3n) is 5.43. The lowest BCUT2D eigenvalue weighted by atomic mass is 9.92. The summed E-state index contributed by atoms with van der Waals surface area (Å²) in [6.07, 6.45) is 0.737. The van der Waals surface area contributed by atoms with Crippen LogP contribution in [0.3, 0.4) is 0 Å². The molecule has 0 saturated carbocycles. The molecule has 164 valence electrons. The van der Waals surface area contributed by atoms with E-state index >= 15 is 0 Å². The fraction of sp³-hybridized carbons (Fsp3) is 0.348. The first-order chi connectivity index (χ1) is 14.8. The van der Waals surface area contributed by atoms with Crippen molar-refractivity contribution in [3.05, 3.63) is 60.2 Å². The van der Waals surface area contributed by atoms with Gasteiger partial charge in [-0.25, -0.2) is 4.79 Å². The van der Waals surface area contributed by atoms with Gasteiger partial charge < -0.3 is 20.3 Å². The standard InChI is InChI=1S/C23H28N4O4/c1-23(17-10-12-19(31-3)13-11-17)21(29)27(22(30)25-23)16-20(28)24-14-7-15-26(2)18-8-5-4-6-9-18/h4-6,8-13H,7,14-16H2,1-3H3,(H,24,28)(H,25,30)/t23-/m1/s1. The number of para-hydroxylation sites is 1. The fourth-order valence-electron chi connectivity index (χ4n) is 3.52. The summed E-state index contributed by atoms with van der Waals surface area (Å²) in [7, 11) is 3.55. The van der Waals surface area contributed by atoms with E-state index in [0.29, 0.717) is 17.9 Å². The molecule has 2 aromatic carbocycles. The fourth-order valence-corrected chi connectivity index (χ4v) is 3.52. The Morgan fingerprint density at radius 2 is 1.81 bits per heavy atom. The Hall–Kier alpha value is -3.55. The molecular weight excluding hydrogens is 396 g/mol. The molecule has 31 heavy (non-hydrogen) atoms. The second-order valence-corrected chi connectivity index (χ2v) is 7.64. The van der Waals surface area contributed by atoms with Gasteiger partial charge in [0.2, 0.25) is 5.91 Å². The van der Waals surface area contributed by atoms with Crippen molar-refractivity contribution >= 4 is 23.5 Å². The molecule has 1 aliphatic heterocycles. The monoisotopic (exact) mass is 424 g/mol. The first-order valence-electron chi connectivity index (χ1n) is 10.2. The van der Waals surface area contributed by atoms with Gasteiger partial charge in [-0.05, 0) is 43.2 Å². The van der Waals surface area contributed by atoms with Crippen LogP contribution in [0.5, 0.6) is 5.75 Å². The number of amides is 4. The van der Waals surface area contributed by atoms with Crippen molar-refractivity contribution < 1.29 is 19.1 Å². The third-order valence-corrected chi connectivity index (χ3v) is 5.43. The van der Waals surface area contributed by atoms with Crippen LogP contribution in [-0.4, -0.2) is 56.5 Å². The largest absolute Gasteiger partial charge is 0.497 e. The Morgan fingerprint density at radius 1 is 1.13 bits per heavy atom. The second-order valence-electron chi connectivity index (χ2n) is 7.64. The molecule has 1 heterocycles. The first kappa shape index (κ1) is 22.1. The van der Waals surface area contributed by atoms with Gasteiger partial charge in [-0.1, -0.05) is 30.3 Å². The number of hydrogen-bond acceptors (Lipinski definition) is 5. The van der Waals surface area contributed by atoms with Crippen LogP contribution in [0.15, 0.2) is 54.6 Å². The molecule has 0 aliphatic carbocycles. The number of ether oxygens (including phenoxy) is 1. The number of rotatable bonds is 9. The number of carbonyl (C=O) groups is 3. The lowest BCUT2D eigenvalue weighted by Gasteiger charge is -2.22. The summed E-state index contributed by atoms with van der Waals surface area (Å²) >= 11 is 0. The van der Waals surface area contributed by atoms with E-state index in [1.807, 2.05) is 37.4 Å². The number of urea groups is 1. The van der Waals surface area contributed by atoms with E-state index in [1.54, 1.807) is 38.3 Å². The van der Waals surface area contributed by atoms with Gasteiger partial charge in [0.1, 0.15) is 17.8 Å². The molecule has 0 radical (unpaired) electrons. The smallest absolute Gasteiger partial charge is 0.325 e. The lowest BCUT2D eigenvalue weighted by Crippen LogP contribution is -2.43. The van der Waals surface area contributed by atoms with Gasteiger partial charge in [0.25, 0.3) is 5.91 Å². The Balaban J connectivity index is 1.50. The van der Waals surface area contributed by atoms with Crippen molar-refractivity contribution in [3.63, 3.8) is 0 Å². The second kappa shape index (κ2) is 9.51. The molecule has 3 rings (SSSR count). The highest BCUT2D eigenvalue weighted by molar-refractivity contribution is 6.09. The van der Waals surface area contributed by atoms with Crippen molar-refractivity contribution in [3.8, 4) is 5.75 Å². The van der Waals surface area contributed by atoms with Crippen molar-refractivity contribution in [2.24, 2.45) is 0 Å². The zero-order valence-electron chi connectivity index (χ0n) is 18.1. The Morgan fingerprint density at radius 3 is 2.45 bits per heavy atom. The molecule has 4 amide bonds. The van der Waals surface area contributed by atoms with Crippen LogP contribution in [-0.2, 0) is 15.1 Å². The minimum Gasteiger partial charge on any atom is -0.497 e. The molecule has 1 saturated heterocycles. The van der Waals surface area contributed by atoms with Crippen LogP contribution in [0.25, 0.3) is 0 Å². The van der Waals surface area contributed by atoms with E-state index in [4.69, 9.17) is 4.74 Å². The lowest BCUT2D eigenvalue weighted by molar-refractivity contribution is -0.134. The molecule has 1 atom stereocenters. The molecule has 0 bridgehead atoms. The Kier molecular flexibility index (Phi) is 6.79. The van der Waals surface area contributed by atoms with Crippen molar-refractivity contribution in [1.82, 2.24) is 15.5 Å². The summed E-state index contributed by atoms with van der Waals surface area (Å²) in [6, 6.07) is 16.3. The average molecular weight is 425 g/mol. The van der Waals surface area contributed by atoms with E-state index in [2.05, 4.69) is 15.5 Å². The first-order valence-corrected chi connectivity index (χ1v) is 10.2. The highest BCUT2D eigenvalue weighted by Crippen LogP contribution is 2.29. The predicted molar refractivity (Wildman–Crippen MR) is 118 cm³/mol. The van der Waals surface area contributed by atoms with Gasteiger partial charge in [-0.3, -0.25) is 14.5 Å². The zero-order chi connectivity index (χ0) is 22.4. The topological polar surface area (TPSA) is 91.0 Å². The number of nitrogens with zero attached hydrogens (tertiary/aromatic N) is 2. The van der Waals surface area contributed by atoms with E-state index in [1.165, 1.54) is 0 Å². The van der Waals surface area contributed by atoms with Gasteiger partial charge in [0.15, 0.2) is 0 Å². The zero-order valence-corrected chi connectivity index (χ0v) is 18.1. The number of benzene rings is 2. The van der Waals surface area contributed by atoms with Crippen molar-refractivity contribution in [2.75, 3.05) is 38.7 Å². The number of methoxy groups -OCH3 is 1. The Bertz CT molecular complexity index is 932. The minimum atomic E-state index is -1.22. The molecule has 0 unspecified atom stereocenters. The highest BCUT2D eigenvalue weighted by Gasteiger charge is 2.49. The maximum atomic E-state index is 12.9. The summed E-state index contributed by atoms with van der Waals surface area (Å²) in [5.41, 5.74) is 0.506. The third kappa shape index (κ3) is 4.96. The predicted octanol–water partition coefficient (Wildman–Crippen LogP) is 2.10. The van der Waals surface area contributed by atoms with Crippen LogP contribution in [0.4, 0.5) is 10.5 Å². The average Bonchev–Trinajstić information content (AvgIpc) is 3.01. The number of imide groups is 1. The maximum Gasteiger partial charge on any atom is 0.325 e. The molecule has 1 aliphatic rings. The summed E-state index contributed by atoms with van der Waals surface area (Å²) in [5, 5.41) is 5.48. The van der Waals surface area contributed by atoms with E-state index in [-0.39, 0.29) is 12.5 Å². The van der Waals surface area contributed by atoms with Crippen LogP contribution in [0.1, 0.15) is 18.9 Å². The SMILES string of the molecule is COc1ccc([C@@]2(C)NC(=O)N(CC(=O)NCCCN(C)c3ccccc3)C2=O)cc1. The van der Waals surface area contributed by atoms with Gasteiger partial charge in [0.05, 0.1) is 7.11 Å². The maximum absolute atomic E-state index is 12.9. The molecule has 1 fully saturated rings. The number of carbonyl (C=O) groups excluding carboxylic acids is 3. The quantitative estimate of drug-likeness (QED) is 0.475. The van der Waals surface area contributed by atoms with Crippen LogP contribution >= 0.6 is 0 Å². The normalized spacial score (nSPS) is 18.0. The molecule has 0 spiro atoms. The summed E-state index contributed by atoms with van der Waals surface area (Å²) < 4.78 is 5.13. The molecule has 2 aromatic rings. The molecule has 0 aromatic heterocycles. The molecule has 8 heteroatoms. The minimum absolute atomic E-state index is 0.315.